The number of hydrogen-bond acceptors (Lipinski definition) is 7. The Morgan fingerprint density at radius 3 is 2.27 bits per heavy atom. The van der Waals surface area contributed by atoms with Gasteiger partial charge in [0.2, 0.25) is 5.75 Å². The molecule has 0 spiro atoms. The summed E-state index contributed by atoms with van der Waals surface area (Å²) in [4.78, 5) is 0. The first-order valence-electron chi connectivity index (χ1n) is 8.16. The molecule has 2 unspecified atom stereocenters. The van der Waals surface area contributed by atoms with Crippen molar-refractivity contribution in [3.63, 3.8) is 0 Å². The molecule has 7 heteroatoms. The molecule has 0 aromatic heterocycles. The van der Waals surface area contributed by atoms with Crippen molar-refractivity contribution in [2.45, 2.75) is 12.3 Å². The quantitative estimate of drug-likeness (QED) is 0.469. The van der Waals surface area contributed by atoms with Crippen LogP contribution in [-0.4, -0.2) is 44.9 Å². The molecule has 0 bridgehead atoms. The number of benzene rings is 2. The summed E-state index contributed by atoms with van der Waals surface area (Å²) >= 11 is 0. The van der Waals surface area contributed by atoms with Gasteiger partial charge in [0.15, 0.2) is 11.5 Å². The third-order valence-corrected chi connectivity index (χ3v) is 4.28. The normalized spacial score (nSPS) is 20.0. The molecule has 0 amide bonds. The van der Waals surface area contributed by atoms with Gasteiger partial charge in [-0.15, -0.1) is 0 Å². The fourth-order valence-electron chi connectivity index (χ4n) is 3.01. The average Bonchev–Trinajstić information content (AvgIpc) is 3.18. The first kappa shape index (κ1) is 18.0. The molecule has 1 heterocycles. The Morgan fingerprint density at radius 2 is 1.73 bits per heavy atom. The fraction of sp³-hybridized carbons (Fsp3) is 0.316. The van der Waals surface area contributed by atoms with E-state index in [0.29, 0.717) is 35.1 Å². The van der Waals surface area contributed by atoms with E-state index in [1.165, 1.54) is 7.11 Å². The lowest BCUT2D eigenvalue weighted by molar-refractivity contribution is 0.101. The smallest absolute Gasteiger partial charge is 0.203 e. The molecule has 0 saturated carbocycles. The highest BCUT2D eigenvalue weighted by atomic mass is 16.5. The van der Waals surface area contributed by atoms with Gasteiger partial charge in [-0.3, -0.25) is 5.32 Å². The molecular weight excluding hydrogens is 336 g/mol. The summed E-state index contributed by atoms with van der Waals surface area (Å²) in [5.74, 6) is 1.46. The van der Waals surface area contributed by atoms with Crippen LogP contribution in [0.2, 0.25) is 0 Å². The highest BCUT2D eigenvalue weighted by Crippen LogP contribution is 2.38. The summed E-state index contributed by atoms with van der Waals surface area (Å²) in [5, 5.41) is 16.5. The van der Waals surface area contributed by atoms with Crippen molar-refractivity contribution in [2.24, 2.45) is 5.16 Å². The maximum absolute atomic E-state index is 9.63. The first-order valence-corrected chi connectivity index (χ1v) is 8.16. The standard InChI is InChI=1S/C19H22N2O5/c1-23-15-9-13(10-16(24-2)18(15)25-3)17(21-22)14-11-26-19(20-14)12-7-5-4-6-8-12/h4-10,14,19-20,22H,11H2,1-3H3/b21-17+. The van der Waals surface area contributed by atoms with E-state index >= 15 is 0 Å². The Labute approximate surface area is 152 Å². The minimum absolute atomic E-state index is 0.264. The van der Waals surface area contributed by atoms with Gasteiger partial charge >= 0.3 is 0 Å². The highest BCUT2D eigenvalue weighted by Gasteiger charge is 2.31. The second-order valence-electron chi connectivity index (χ2n) is 5.74. The summed E-state index contributed by atoms with van der Waals surface area (Å²) in [6.07, 6.45) is -0.264. The summed E-state index contributed by atoms with van der Waals surface area (Å²) in [6.45, 7) is 0.371. The Morgan fingerprint density at radius 1 is 1.08 bits per heavy atom. The van der Waals surface area contributed by atoms with Crippen LogP contribution in [0.1, 0.15) is 17.4 Å². The van der Waals surface area contributed by atoms with Crippen LogP contribution in [0.5, 0.6) is 17.2 Å². The Kier molecular flexibility index (Phi) is 5.60. The zero-order valence-corrected chi connectivity index (χ0v) is 14.9. The summed E-state index contributed by atoms with van der Waals surface area (Å²) < 4.78 is 21.9. The van der Waals surface area contributed by atoms with Gasteiger partial charge in [-0.25, -0.2) is 0 Å². The molecule has 0 radical (unpaired) electrons. The number of rotatable bonds is 6. The molecule has 7 nitrogen and oxygen atoms in total. The van der Waals surface area contributed by atoms with Gasteiger partial charge in [-0.2, -0.15) is 0 Å². The van der Waals surface area contributed by atoms with Crippen LogP contribution in [0.25, 0.3) is 0 Å². The Hall–Kier alpha value is -2.77. The predicted molar refractivity (Wildman–Crippen MR) is 96.5 cm³/mol. The zero-order chi connectivity index (χ0) is 18.5. The van der Waals surface area contributed by atoms with Crippen molar-refractivity contribution in [2.75, 3.05) is 27.9 Å². The lowest BCUT2D eigenvalue weighted by Gasteiger charge is -2.17. The number of ether oxygens (including phenoxy) is 4. The van der Waals surface area contributed by atoms with Crippen molar-refractivity contribution in [1.82, 2.24) is 5.32 Å². The van der Waals surface area contributed by atoms with Crippen molar-refractivity contribution < 1.29 is 24.2 Å². The molecule has 1 aliphatic rings. The molecule has 3 rings (SSSR count). The van der Waals surface area contributed by atoms with Crippen LogP contribution in [0.4, 0.5) is 0 Å². The van der Waals surface area contributed by atoms with Crippen molar-refractivity contribution >= 4 is 5.71 Å². The number of hydrogen-bond donors (Lipinski definition) is 2. The molecule has 0 aliphatic carbocycles. The second kappa shape index (κ2) is 8.07. The van der Waals surface area contributed by atoms with Crippen LogP contribution in [0.3, 0.4) is 0 Å². The number of methoxy groups -OCH3 is 3. The van der Waals surface area contributed by atoms with Crippen LogP contribution in [0, 0.1) is 0 Å². The van der Waals surface area contributed by atoms with E-state index in [1.54, 1.807) is 26.4 Å². The van der Waals surface area contributed by atoms with Gasteiger partial charge in [-0.1, -0.05) is 35.5 Å². The minimum atomic E-state index is -0.284. The topological polar surface area (TPSA) is 81.5 Å². The van der Waals surface area contributed by atoms with Crippen molar-refractivity contribution in [1.29, 1.82) is 0 Å². The number of nitrogens with one attached hydrogen (secondary N) is 1. The monoisotopic (exact) mass is 358 g/mol. The molecule has 138 valence electrons. The van der Waals surface area contributed by atoms with E-state index in [-0.39, 0.29) is 12.3 Å². The fourth-order valence-corrected chi connectivity index (χ4v) is 3.01. The Balaban J connectivity index is 1.88. The maximum Gasteiger partial charge on any atom is 0.203 e. The highest BCUT2D eigenvalue weighted by molar-refractivity contribution is 6.05. The van der Waals surface area contributed by atoms with Gasteiger partial charge in [0.25, 0.3) is 0 Å². The molecule has 1 saturated heterocycles. The van der Waals surface area contributed by atoms with E-state index in [0.717, 1.165) is 5.56 Å². The second-order valence-corrected chi connectivity index (χ2v) is 5.74. The van der Waals surface area contributed by atoms with E-state index in [2.05, 4.69) is 10.5 Å². The lowest BCUT2D eigenvalue weighted by atomic mass is 10.0. The summed E-state index contributed by atoms with van der Waals surface area (Å²) in [7, 11) is 4.62. The third kappa shape index (κ3) is 3.44. The first-order chi connectivity index (χ1) is 12.7. The summed E-state index contributed by atoms with van der Waals surface area (Å²) in [6, 6.07) is 13.0. The van der Waals surface area contributed by atoms with Gasteiger partial charge in [0.1, 0.15) is 11.9 Å². The van der Waals surface area contributed by atoms with Gasteiger partial charge in [0.05, 0.1) is 34.0 Å². The van der Waals surface area contributed by atoms with Gasteiger partial charge in [0, 0.05) is 5.56 Å². The average molecular weight is 358 g/mol. The SMILES string of the molecule is COc1cc(/C(=N\O)C2COC(c3ccccc3)N2)cc(OC)c1OC. The molecule has 2 aromatic rings. The lowest BCUT2D eigenvalue weighted by Crippen LogP contribution is -2.35. The largest absolute Gasteiger partial charge is 0.493 e. The van der Waals surface area contributed by atoms with E-state index in [9.17, 15) is 5.21 Å². The summed E-state index contributed by atoms with van der Waals surface area (Å²) in [5.41, 5.74) is 2.09. The van der Waals surface area contributed by atoms with E-state index < -0.39 is 0 Å². The third-order valence-electron chi connectivity index (χ3n) is 4.28. The molecule has 2 N–H and O–H groups in total. The molecule has 2 aromatic carbocycles. The van der Waals surface area contributed by atoms with Crippen molar-refractivity contribution in [3.8, 4) is 17.2 Å². The van der Waals surface area contributed by atoms with Gasteiger partial charge < -0.3 is 24.2 Å². The molecule has 2 atom stereocenters. The molecular formula is C19H22N2O5. The predicted octanol–water partition coefficient (Wildman–Crippen LogP) is 2.58. The van der Waals surface area contributed by atoms with E-state index in [1.807, 2.05) is 30.3 Å². The molecule has 1 aliphatic heterocycles. The zero-order valence-electron chi connectivity index (χ0n) is 14.9. The number of nitrogens with zero attached hydrogens (tertiary/aromatic N) is 1. The molecule has 1 fully saturated rings. The van der Waals surface area contributed by atoms with E-state index in [4.69, 9.17) is 18.9 Å². The minimum Gasteiger partial charge on any atom is -0.493 e. The van der Waals surface area contributed by atoms with Crippen molar-refractivity contribution in [3.05, 3.63) is 53.6 Å². The van der Waals surface area contributed by atoms with Crippen LogP contribution in [-0.2, 0) is 4.74 Å². The maximum atomic E-state index is 9.63. The Bertz CT molecular complexity index is 754. The van der Waals surface area contributed by atoms with Crippen LogP contribution < -0.4 is 19.5 Å². The van der Waals surface area contributed by atoms with Gasteiger partial charge in [-0.05, 0) is 17.7 Å². The molecule has 26 heavy (non-hydrogen) atoms. The number of oxime groups is 1. The van der Waals surface area contributed by atoms with Crippen LogP contribution in [0.15, 0.2) is 47.6 Å². The van der Waals surface area contributed by atoms with Crippen LogP contribution >= 0.6 is 0 Å².